The molecule has 0 saturated carbocycles. The van der Waals surface area contributed by atoms with Gasteiger partial charge in [-0.2, -0.15) is 4.98 Å². The number of anilines is 1. The van der Waals surface area contributed by atoms with Gasteiger partial charge in [-0.25, -0.2) is 4.39 Å². The van der Waals surface area contributed by atoms with Crippen LogP contribution >= 0.6 is 0 Å². The summed E-state index contributed by atoms with van der Waals surface area (Å²) < 4.78 is 18.3. The number of nitrogens with one attached hydrogen (secondary N) is 1. The summed E-state index contributed by atoms with van der Waals surface area (Å²) >= 11 is 0. The van der Waals surface area contributed by atoms with Gasteiger partial charge in [-0.3, -0.25) is 15.1 Å². The van der Waals surface area contributed by atoms with Crippen LogP contribution in [0.2, 0.25) is 0 Å². The first-order valence-electron chi connectivity index (χ1n) is 5.78. The molecule has 8 heteroatoms. The molecule has 0 fully saturated rings. The van der Waals surface area contributed by atoms with E-state index >= 15 is 0 Å². The van der Waals surface area contributed by atoms with Crippen molar-refractivity contribution in [3.63, 3.8) is 0 Å². The van der Waals surface area contributed by atoms with E-state index in [1.54, 1.807) is 0 Å². The average Bonchev–Trinajstić information content (AvgIpc) is 2.41. The maximum Gasteiger partial charge on any atom is 0.314 e. The standard InChI is InChI=1S/C12H11FN4O3/c1-2-15-11-6-14-7-12(16-11)20-10-4-3-8(13)5-9(10)17(18)19/h3-7H,2H2,1H3,(H,15,16). The van der Waals surface area contributed by atoms with Crippen LogP contribution in [0.25, 0.3) is 0 Å². The van der Waals surface area contributed by atoms with Crippen molar-refractivity contribution in [1.29, 1.82) is 0 Å². The number of nitrogens with zero attached hydrogens (tertiary/aromatic N) is 3. The Kier molecular flexibility index (Phi) is 4.04. The molecule has 2 aromatic rings. The van der Waals surface area contributed by atoms with Crippen LogP contribution in [0.4, 0.5) is 15.9 Å². The predicted octanol–water partition coefficient (Wildman–Crippen LogP) is 2.75. The van der Waals surface area contributed by atoms with Crippen LogP contribution < -0.4 is 10.1 Å². The first-order chi connectivity index (χ1) is 9.60. The lowest BCUT2D eigenvalue weighted by molar-refractivity contribution is -0.385. The fraction of sp³-hybridized carbons (Fsp3) is 0.167. The second-order valence-corrected chi connectivity index (χ2v) is 3.74. The van der Waals surface area contributed by atoms with E-state index in [1.807, 2.05) is 6.92 Å². The third kappa shape index (κ3) is 3.16. The zero-order valence-electron chi connectivity index (χ0n) is 10.5. The smallest absolute Gasteiger partial charge is 0.314 e. The van der Waals surface area contributed by atoms with Gasteiger partial charge in [-0.15, -0.1) is 0 Å². The van der Waals surface area contributed by atoms with Gasteiger partial charge in [0, 0.05) is 6.54 Å². The van der Waals surface area contributed by atoms with E-state index in [-0.39, 0.29) is 11.6 Å². The molecule has 1 N–H and O–H groups in total. The van der Waals surface area contributed by atoms with Crippen molar-refractivity contribution >= 4 is 11.5 Å². The van der Waals surface area contributed by atoms with E-state index in [0.29, 0.717) is 12.4 Å². The predicted molar refractivity (Wildman–Crippen MR) is 69.3 cm³/mol. The highest BCUT2D eigenvalue weighted by Gasteiger charge is 2.17. The van der Waals surface area contributed by atoms with Gasteiger partial charge >= 0.3 is 5.69 Å². The van der Waals surface area contributed by atoms with Crippen molar-refractivity contribution in [2.24, 2.45) is 0 Å². The highest BCUT2D eigenvalue weighted by molar-refractivity contribution is 5.48. The Labute approximate surface area is 113 Å². The molecule has 0 atom stereocenters. The van der Waals surface area contributed by atoms with Crippen molar-refractivity contribution in [3.8, 4) is 11.6 Å². The number of ether oxygens (including phenoxy) is 1. The van der Waals surface area contributed by atoms with Gasteiger partial charge < -0.3 is 10.1 Å². The molecule has 0 radical (unpaired) electrons. The summed E-state index contributed by atoms with van der Waals surface area (Å²) in [5, 5.41) is 13.8. The lowest BCUT2D eigenvalue weighted by atomic mass is 10.3. The number of halogens is 1. The number of benzene rings is 1. The van der Waals surface area contributed by atoms with E-state index in [4.69, 9.17) is 4.74 Å². The Hall–Kier alpha value is -2.77. The molecule has 0 bridgehead atoms. The Balaban J connectivity index is 2.30. The number of nitro groups is 1. The Morgan fingerprint density at radius 2 is 2.25 bits per heavy atom. The normalized spacial score (nSPS) is 10.1. The molecule has 7 nitrogen and oxygen atoms in total. The van der Waals surface area contributed by atoms with Gasteiger partial charge in [0.1, 0.15) is 11.6 Å². The third-order valence-electron chi connectivity index (χ3n) is 2.30. The molecule has 20 heavy (non-hydrogen) atoms. The number of rotatable bonds is 5. The molecule has 0 aliphatic rings. The number of hydrogen-bond acceptors (Lipinski definition) is 6. The lowest BCUT2D eigenvalue weighted by Crippen LogP contribution is -2.01. The molecular weight excluding hydrogens is 267 g/mol. The van der Waals surface area contributed by atoms with E-state index < -0.39 is 16.4 Å². The molecule has 0 aliphatic carbocycles. The van der Waals surface area contributed by atoms with Crippen molar-refractivity contribution in [2.45, 2.75) is 6.92 Å². The van der Waals surface area contributed by atoms with E-state index in [9.17, 15) is 14.5 Å². The van der Waals surface area contributed by atoms with Gasteiger partial charge in [0.2, 0.25) is 11.6 Å². The molecule has 104 valence electrons. The number of hydrogen-bond donors (Lipinski definition) is 1. The van der Waals surface area contributed by atoms with Crippen LogP contribution in [0.5, 0.6) is 11.6 Å². The molecule has 0 saturated heterocycles. The molecular formula is C12H11FN4O3. The third-order valence-corrected chi connectivity index (χ3v) is 2.30. The van der Waals surface area contributed by atoms with Crippen molar-refractivity contribution < 1.29 is 14.1 Å². The first kappa shape index (κ1) is 13.7. The molecule has 0 aliphatic heterocycles. The van der Waals surface area contributed by atoms with Crippen LogP contribution in [0.1, 0.15) is 6.92 Å². The Morgan fingerprint density at radius 1 is 1.45 bits per heavy atom. The molecule has 2 rings (SSSR count). The maximum absolute atomic E-state index is 13.0. The zero-order valence-corrected chi connectivity index (χ0v) is 10.5. The molecule has 0 unspecified atom stereocenters. The summed E-state index contributed by atoms with van der Waals surface area (Å²) in [5.41, 5.74) is -0.472. The van der Waals surface area contributed by atoms with Gasteiger partial charge in [-0.1, -0.05) is 0 Å². The molecule has 1 aromatic heterocycles. The molecule has 0 spiro atoms. The minimum Gasteiger partial charge on any atom is -0.430 e. The van der Waals surface area contributed by atoms with Crippen LogP contribution in [-0.2, 0) is 0 Å². The lowest BCUT2D eigenvalue weighted by Gasteiger charge is -2.07. The monoisotopic (exact) mass is 278 g/mol. The summed E-state index contributed by atoms with van der Waals surface area (Å²) in [6.45, 7) is 2.54. The summed E-state index contributed by atoms with van der Waals surface area (Å²) in [7, 11) is 0. The summed E-state index contributed by atoms with van der Waals surface area (Å²) in [6.07, 6.45) is 2.81. The molecule has 1 heterocycles. The highest BCUT2D eigenvalue weighted by Crippen LogP contribution is 2.31. The number of aromatic nitrogens is 2. The van der Waals surface area contributed by atoms with Crippen molar-refractivity contribution in [3.05, 3.63) is 46.5 Å². The topological polar surface area (TPSA) is 90.2 Å². The summed E-state index contributed by atoms with van der Waals surface area (Å²) in [4.78, 5) is 18.1. The highest BCUT2D eigenvalue weighted by atomic mass is 19.1. The second-order valence-electron chi connectivity index (χ2n) is 3.74. The minimum atomic E-state index is -0.722. The van der Waals surface area contributed by atoms with Crippen LogP contribution in [0.15, 0.2) is 30.6 Å². The van der Waals surface area contributed by atoms with E-state index in [1.165, 1.54) is 18.5 Å². The molecule has 1 aromatic carbocycles. The van der Waals surface area contributed by atoms with Crippen LogP contribution in [0.3, 0.4) is 0 Å². The van der Waals surface area contributed by atoms with E-state index in [2.05, 4.69) is 15.3 Å². The van der Waals surface area contributed by atoms with Crippen molar-refractivity contribution in [2.75, 3.05) is 11.9 Å². The summed E-state index contributed by atoms with van der Waals surface area (Å²) in [5.74, 6) is -0.246. The quantitative estimate of drug-likeness (QED) is 0.668. The Bertz CT molecular complexity index is 636. The second kappa shape index (κ2) is 5.91. The van der Waals surface area contributed by atoms with Gasteiger partial charge in [0.05, 0.1) is 23.4 Å². The SMILES string of the molecule is CCNc1cncc(Oc2ccc(F)cc2[N+](=O)[O-])n1. The zero-order chi connectivity index (χ0) is 14.5. The number of nitro benzene ring substituents is 1. The van der Waals surface area contributed by atoms with Crippen LogP contribution in [-0.4, -0.2) is 21.4 Å². The first-order valence-corrected chi connectivity index (χ1v) is 5.78. The van der Waals surface area contributed by atoms with Crippen LogP contribution in [0, 0.1) is 15.9 Å². The fourth-order valence-electron chi connectivity index (χ4n) is 1.50. The van der Waals surface area contributed by atoms with Crippen molar-refractivity contribution in [1.82, 2.24) is 9.97 Å². The Morgan fingerprint density at radius 3 is 2.95 bits per heavy atom. The maximum atomic E-state index is 13.0. The van der Waals surface area contributed by atoms with Gasteiger partial charge in [0.15, 0.2) is 0 Å². The molecule has 0 amide bonds. The average molecular weight is 278 g/mol. The largest absolute Gasteiger partial charge is 0.430 e. The van der Waals surface area contributed by atoms with Gasteiger partial charge in [-0.05, 0) is 19.1 Å². The minimum absolute atomic E-state index is 0.0816. The summed E-state index contributed by atoms with van der Waals surface area (Å²) in [6, 6.07) is 3.04. The van der Waals surface area contributed by atoms with Gasteiger partial charge in [0.25, 0.3) is 0 Å². The van der Waals surface area contributed by atoms with E-state index in [0.717, 1.165) is 12.1 Å². The fourth-order valence-corrected chi connectivity index (χ4v) is 1.50.